The monoisotopic (exact) mass is 462 g/mol. The maximum atomic E-state index is 9.99. The largest absolute Gasteiger partial charge is 0.493 e. The van der Waals surface area contributed by atoms with Gasteiger partial charge in [-0.15, -0.1) is 5.10 Å². The molecule has 0 bridgehead atoms. The predicted molar refractivity (Wildman–Crippen MR) is 125 cm³/mol. The van der Waals surface area contributed by atoms with Gasteiger partial charge in [0.1, 0.15) is 17.4 Å². The van der Waals surface area contributed by atoms with Crippen LogP contribution in [0.25, 0.3) is 11.3 Å². The first-order valence-electron chi connectivity index (χ1n) is 10.6. The molecule has 0 unspecified atom stereocenters. The van der Waals surface area contributed by atoms with Gasteiger partial charge in [0.2, 0.25) is 17.5 Å². The van der Waals surface area contributed by atoms with E-state index in [0.29, 0.717) is 39.9 Å². The van der Waals surface area contributed by atoms with Crippen LogP contribution in [0.1, 0.15) is 30.9 Å². The summed E-state index contributed by atoms with van der Waals surface area (Å²) in [6, 6.07) is 13.4. The molecule has 0 saturated carbocycles. The second-order valence-electron chi connectivity index (χ2n) is 7.89. The third kappa shape index (κ3) is 3.94. The van der Waals surface area contributed by atoms with Gasteiger partial charge < -0.3 is 29.4 Å². The zero-order valence-electron chi connectivity index (χ0n) is 19.6. The van der Waals surface area contributed by atoms with E-state index in [1.165, 1.54) is 21.3 Å². The van der Waals surface area contributed by atoms with Gasteiger partial charge >= 0.3 is 0 Å². The van der Waals surface area contributed by atoms with E-state index in [0.717, 1.165) is 11.3 Å². The van der Waals surface area contributed by atoms with Crippen molar-refractivity contribution in [3.63, 3.8) is 0 Å². The first kappa shape index (κ1) is 22.9. The van der Waals surface area contributed by atoms with Crippen molar-refractivity contribution in [1.29, 1.82) is 5.26 Å². The predicted octanol–water partition coefficient (Wildman–Crippen LogP) is 4.11. The minimum absolute atomic E-state index is 0.00696. The van der Waals surface area contributed by atoms with Crippen LogP contribution < -0.4 is 29.4 Å². The molecule has 0 saturated heterocycles. The maximum Gasteiger partial charge on any atom is 0.244 e. The second-order valence-corrected chi connectivity index (χ2v) is 7.89. The molecule has 3 aromatic rings. The standard InChI is InChI=1S/C25H26N4O5/c1-13(2)33-16-8-6-14(7-9-16)22-21-20(17(12-26)24(27)34-25(21)29-28-22)15-10-18(30-3)23(32-5)19(11-15)31-4/h6-11,13,20H,27H2,1-5H3,(H,28,29)/t20-/m1/s1. The molecule has 0 fully saturated rings. The van der Waals surface area contributed by atoms with Crippen molar-refractivity contribution in [2.45, 2.75) is 25.9 Å². The highest BCUT2D eigenvalue weighted by Crippen LogP contribution is 2.49. The van der Waals surface area contributed by atoms with Crippen LogP contribution in [0.4, 0.5) is 0 Å². The molecule has 0 aliphatic carbocycles. The molecular weight excluding hydrogens is 436 g/mol. The van der Waals surface area contributed by atoms with E-state index in [9.17, 15) is 5.26 Å². The number of nitrogens with one attached hydrogen (secondary N) is 1. The van der Waals surface area contributed by atoms with Crippen molar-refractivity contribution in [2.75, 3.05) is 21.3 Å². The molecule has 1 aromatic heterocycles. The minimum Gasteiger partial charge on any atom is -0.493 e. The fourth-order valence-electron chi connectivity index (χ4n) is 4.04. The number of benzene rings is 2. The van der Waals surface area contributed by atoms with E-state index in [1.807, 2.05) is 38.1 Å². The maximum absolute atomic E-state index is 9.99. The number of allylic oxidation sites excluding steroid dienone is 1. The smallest absolute Gasteiger partial charge is 0.244 e. The van der Waals surface area contributed by atoms with Crippen LogP contribution in [0.5, 0.6) is 28.9 Å². The number of hydrogen-bond acceptors (Lipinski definition) is 8. The number of nitrogens with zero attached hydrogens (tertiary/aromatic N) is 2. The Morgan fingerprint density at radius 3 is 2.24 bits per heavy atom. The number of ether oxygens (including phenoxy) is 5. The molecule has 9 heteroatoms. The lowest BCUT2D eigenvalue weighted by Crippen LogP contribution is -2.21. The number of H-pyrrole nitrogens is 1. The van der Waals surface area contributed by atoms with Crippen molar-refractivity contribution in [3.8, 4) is 46.2 Å². The van der Waals surface area contributed by atoms with Crippen LogP contribution in [0.3, 0.4) is 0 Å². The van der Waals surface area contributed by atoms with E-state index in [4.69, 9.17) is 29.4 Å². The highest BCUT2D eigenvalue weighted by atomic mass is 16.5. The average molecular weight is 463 g/mol. The van der Waals surface area contributed by atoms with Crippen LogP contribution in [-0.2, 0) is 0 Å². The highest BCUT2D eigenvalue weighted by Gasteiger charge is 2.36. The van der Waals surface area contributed by atoms with Gasteiger partial charge in [-0.3, -0.25) is 5.10 Å². The van der Waals surface area contributed by atoms with Crippen LogP contribution in [0.2, 0.25) is 0 Å². The number of nitriles is 1. The normalized spacial score (nSPS) is 14.8. The van der Waals surface area contributed by atoms with Gasteiger partial charge in [-0.25, -0.2) is 0 Å². The van der Waals surface area contributed by atoms with Gasteiger partial charge in [-0.1, -0.05) is 0 Å². The lowest BCUT2D eigenvalue weighted by molar-refractivity contribution is 0.242. The number of rotatable bonds is 7. The molecule has 3 N–H and O–H groups in total. The molecule has 2 heterocycles. The first-order chi connectivity index (χ1) is 16.4. The molecule has 2 aromatic carbocycles. The lowest BCUT2D eigenvalue weighted by Gasteiger charge is -2.25. The summed E-state index contributed by atoms with van der Waals surface area (Å²) in [7, 11) is 4.61. The highest BCUT2D eigenvalue weighted by molar-refractivity contribution is 5.72. The van der Waals surface area contributed by atoms with E-state index in [-0.39, 0.29) is 17.6 Å². The Labute approximate surface area is 197 Å². The summed E-state index contributed by atoms with van der Waals surface area (Å²) in [5, 5.41) is 17.4. The molecule has 0 radical (unpaired) electrons. The second kappa shape index (κ2) is 9.27. The van der Waals surface area contributed by atoms with Gasteiger partial charge in [-0.05, 0) is 55.8 Å². The van der Waals surface area contributed by atoms with Crippen molar-refractivity contribution >= 4 is 0 Å². The zero-order valence-corrected chi connectivity index (χ0v) is 19.6. The molecular formula is C25H26N4O5. The molecule has 1 atom stereocenters. The topological polar surface area (TPSA) is 125 Å². The molecule has 1 aliphatic heterocycles. The fraction of sp³-hybridized carbons (Fsp3) is 0.280. The van der Waals surface area contributed by atoms with Crippen LogP contribution in [0, 0.1) is 11.3 Å². The average Bonchev–Trinajstić information content (AvgIpc) is 3.25. The Hall–Kier alpha value is -4.32. The SMILES string of the molecule is COc1cc([C@@H]2C(C#N)=C(N)Oc3n[nH]c(-c4ccc(OC(C)C)cc4)c32)cc(OC)c1OC. The van der Waals surface area contributed by atoms with E-state index < -0.39 is 5.92 Å². The third-order valence-electron chi connectivity index (χ3n) is 5.47. The van der Waals surface area contributed by atoms with Crippen molar-refractivity contribution in [1.82, 2.24) is 10.2 Å². The minimum atomic E-state index is -0.581. The Morgan fingerprint density at radius 2 is 1.71 bits per heavy atom. The lowest BCUT2D eigenvalue weighted by atomic mass is 9.82. The van der Waals surface area contributed by atoms with E-state index in [1.54, 1.807) is 12.1 Å². The zero-order chi connectivity index (χ0) is 24.4. The summed E-state index contributed by atoms with van der Waals surface area (Å²) in [5.74, 6) is 1.83. The number of aromatic nitrogens is 2. The van der Waals surface area contributed by atoms with Gasteiger partial charge in [0.25, 0.3) is 0 Å². The summed E-state index contributed by atoms with van der Waals surface area (Å²) in [4.78, 5) is 0. The Morgan fingerprint density at radius 1 is 1.06 bits per heavy atom. The summed E-state index contributed by atoms with van der Waals surface area (Å²) in [6.07, 6.45) is 0.0647. The number of nitrogens with two attached hydrogens (primary N) is 1. The van der Waals surface area contributed by atoms with E-state index in [2.05, 4.69) is 16.3 Å². The number of methoxy groups -OCH3 is 3. The Bertz CT molecular complexity index is 1250. The van der Waals surface area contributed by atoms with Gasteiger partial charge in [-0.2, -0.15) is 5.26 Å². The van der Waals surface area contributed by atoms with Gasteiger partial charge in [0, 0.05) is 5.56 Å². The number of aromatic amines is 1. The molecule has 0 spiro atoms. The summed E-state index contributed by atoms with van der Waals surface area (Å²) >= 11 is 0. The molecule has 176 valence electrons. The van der Waals surface area contributed by atoms with Crippen LogP contribution in [0.15, 0.2) is 47.9 Å². The fourth-order valence-corrected chi connectivity index (χ4v) is 4.04. The molecule has 9 nitrogen and oxygen atoms in total. The number of hydrogen-bond donors (Lipinski definition) is 2. The van der Waals surface area contributed by atoms with Gasteiger partial charge in [0.05, 0.1) is 44.6 Å². The summed E-state index contributed by atoms with van der Waals surface area (Å²) in [5.41, 5.74) is 9.31. The Balaban J connectivity index is 1.89. The van der Waals surface area contributed by atoms with Crippen molar-refractivity contribution in [3.05, 3.63) is 59.0 Å². The third-order valence-corrected chi connectivity index (χ3v) is 5.47. The molecule has 34 heavy (non-hydrogen) atoms. The summed E-state index contributed by atoms with van der Waals surface area (Å²) < 4.78 is 28.0. The quantitative estimate of drug-likeness (QED) is 0.537. The van der Waals surface area contributed by atoms with Crippen molar-refractivity contribution in [2.24, 2.45) is 5.73 Å². The van der Waals surface area contributed by atoms with Crippen molar-refractivity contribution < 1.29 is 23.7 Å². The van der Waals surface area contributed by atoms with Crippen LogP contribution >= 0.6 is 0 Å². The number of fused-ring (bicyclic) bond motifs is 1. The molecule has 0 amide bonds. The first-order valence-corrected chi connectivity index (χ1v) is 10.6. The van der Waals surface area contributed by atoms with E-state index >= 15 is 0 Å². The van der Waals surface area contributed by atoms with Gasteiger partial charge in [0.15, 0.2) is 11.5 Å². The molecule has 4 rings (SSSR count). The summed E-state index contributed by atoms with van der Waals surface area (Å²) in [6.45, 7) is 3.94. The molecule has 1 aliphatic rings. The Kier molecular flexibility index (Phi) is 6.23. The van der Waals surface area contributed by atoms with Crippen LogP contribution in [-0.4, -0.2) is 37.6 Å².